The Labute approximate surface area is 292 Å². The molecule has 0 fully saturated rings. The van der Waals surface area contributed by atoms with Gasteiger partial charge in [-0.15, -0.1) is 46.2 Å². The third-order valence-corrected chi connectivity index (χ3v) is 15.7. The van der Waals surface area contributed by atoms with Crippen LogP contribution in [0.3, 0.4) is 0 Å². The Kier molecular flexibility index (Phi) is 11.4. The number of rotatable bonds is 13. The van der Waals surface area contributed by atoms with Crippen molar-refractivity contribution in [3.8, 4) is 6.07 Å². The molecule has 3 aromatic rings. The summed E-state index contributed by atoms with van der Waals surface area (Å²) in [6, 6.07) is 20.0. The molecule has 0 saturated carbocycles. The molecule has 4 heterocycles. The number of carbonyl (C=O) groups is 1. The van der Waals surface area contributed by atoms with E-state index in [4.69, 9.17) is 4.74 Å². The Balaban J connectivity index is 1.12. The molecule has 244 valence electrons. The number of thiophene rings is 2. The first-order chi connectivity index (χ1) is 21.9. The van der Waals surface area contributed by atoms with E-state index in [1.54, 1.807) is 0 Å². The lowest BCUT2D eigenvalue weighted by Gasteiger charge is -2.42. The van der Waals surface area contributed by atoms with Crippen molar-refractivity contribution in [2.75, 3.05) is 6.61 Å². The van der Waals surface area contributed by atoms with E-state index in [0.29, 0.717) is 41.3 Å². The van der Waals surface area contributed by atoms with Crippen molar-refractivity contribution < 1.29 is 9.53 Å². The Morgan fingerprint density at radius 1 is 1.09 bits per heavy atom. The lowest BCUT2D eigenvalue weighted by Crippen LogP contribution is -2.36. The average molecular weight is 690 g/mol. The van der Waals surface area contributed by atoms with E-state index >= 15 is 0 Å². The number of allylic oxidation sites excluding steroid dienone is 2. The number of benzene rings is 1. The lowest BCUT2D eigenvalue weighted by atomic mass is 9.60. The molecule has 2 aliphatic heterocycles. The van der Waals surface area contributed by atoms with Gasteiger partial charge in [-0.25, -0.2) is 0 Å². The maximum atomic E-state index is 13.0. The number of aryl methyl sites for hydroxylation is 1. The zero-order valence-corrected chi connectivity index (χ0v) is 31.4. The van der Waals surface area contributed by atoms with Gasteiger partial charge in [0.15, 0.2) is 0 Å². The molecule has 5 rings (SSSR count). The fourth-order valence-electron chi connectivity index (χ4n) is 6.56. The Morgan fingerprint density at radius 3 is 2.52 bits per heavy atom. The third-order valence-electron chi connectivity index (χ3n) is 10.0. The van der Waals surface area contributed by atoms with Crippen LogP contribution in [0.25, 0.3) is 4.91 Å². The molecular weight excluding hydrogens is 643 g/mol. The zero-order valence-electron chi connectivity index (χ0n) is 28.2. The SMILES string of the molecule is Cc1ccsc1C1CC=C(c2ccc(C3SC(COC(=O)CCC(C)(C#N)C(C)(C)CC(c4ccccc4)C(C)C)=CC3C)s2)S1. The average Bonchev–Trinajstić information content (AvgIpc) is 3.85. The van der Waals surface area contributed by atoms with Crippen molar-refractivity contribution in [3.05, 3.63) is 96.7 Å². The van der Waals surface area contributed by atoms with Crippen molar-refractivity contribution in [2.45, 2.75) is 90.6 Å². The highest BCUT2D eigenvalue weighted by Crippen LogP contribution is 2.54. The molecule has 5 unspecified atom stereocenters. The van der Waals surface area contributed by atoms with Crippen LogP contribution in [0.1, 0.15) is 109 Å². The summed E-state index contributed by atoms with van der Waals surface area (Å²) in [6.45, 7) is 15.7. The standard InChI is InChI=1S/C39H47NO2S4/c1-25(2)30(28-11-9-8-10-12-28)22-38(5,6)39(7,24-40)19-17-35(41)42-23-29-21-27(4)37(44-29)34-16-14-32(46-34)31-13-15-33(45-31)36-26(3)18-20-43-36/h8-14,16,18,20-21,25,27,30,33,37H,15,17,19,22-23H2,1-7H3. The first-order valence-electron chi connectivity index (χ1n) is 16.4. The summed E-state index contributed by atoms with van der Waals surface area (Å²) in [5.74, 6) is 0.943. The van der Waals surface area contributed by atoms with Gasteiger partial charge in [0, 0.05) is 41.4 Å². The molecule has 1 aromatic carbocycles. The van der Waals surface area contributed by atoms with Gasteiger partial charge in [0.1, 0.15) is 6.61 Å². The van der Waals surface area contributed by atoms with Crippen LogP contribution in [0.2, 0.25) is 0 Å². The van der Waals surface area contributed by atoms with Crippen LogP contribution < -0.4 is 0 Å². The monoisotopic (exact) mass is 689 g/mol. The van der Waals surface area contributed by atoms with Crippen LogP contribution >= 0.6 is 46.2 Å². The van der Waals surface area contributed by atoms with E-state index in [-0.39, 0.29) is 17.8 Å². The second-order valence-corrected chi connectivity index (χ2v) is 18.6. The molecule has 0 N–H and O–H groups in total. The number of carbonyl (C=O) groups excluding carboxylic acids is 1. The van der Waals surface area contributed by atoms with Gasteiger partial charge in [0.05, 0.1) is 11.5 Å². The largest absolute Gasteiger partial charge is 0.460 e. The van der Waals surface area contributed by atoms with Gasteiger partial charge >= 0.3 is 5.97 Å². The van der Waals surface area contributed by atoms with E-state index in [2.05, 4.69) is 108 Å². The maximum absolute atomic E-state index is 13.0. The number of nitrogens with zero attached hydrogens (tertiary/aromatic N) is 1. The molecule has 5 atom stereocenters. The van der Waals surface area contributed by atoms with Crippen molar-refractivity contribution in [3.63, 3.8) is 0 Å². The molecule has 46 heavy (non-hydrogen) atoms. The second-order valence-electron chi connectivity index (χ2n) is 14.1. The predicted molar refractivity (Wildman–Crippen MR) is 200 cm³/mol. The van der Waals surface area contributed by atoms with E-state index in [0.717, 1.165) is 17.7 Å². The summed E-state index contributed by atoms with van der Waals surface area (Å²) in [5, 5.41) is 13.4. The van der Waals surface area contributed by atoms with E-state index in [1.165, 1.54) is 30.7 Å². The summed E-state index contributed by atoms with van der Waals surface area (Å²) in [5.41, 5.74) is 1.78. The maximum Gasteiger partial charge on any atom is 0.306 e. The first-order valence-corrected chi connectivity index (χ1v) is 19.9. The summed E-state index contributed by atoms with van der Waals surface area (Å²) in [6.07, 6.45) is 7.37. The van der Waals surface area contributed by atoms with Gasteiger partial charge in [-0.2, -0.15) is 5.26 Å². The number of hydrogen-bond donors (Lipinski definition) is 0. The normalized spacial score (nSPS) is 21.8. The number of thioether (sulfide) groups is 2. The zero-order chi connectivity index (χ0) is 33.1. The first kappa shape index (κ1) is 35.1. The molecule has 0 amide bonds. The van der Waals surface area contributed by atoms with Gasteiger partial charge in [-0.05, 0) is 91.0 Å². The smallest absolute Gasteiger partial charge is 0.306 e. The van der Waals surface area contributed by atoms with Crippen LogP contribution in [0.4, 0.5) is 0 Å². The summed E-state index contributed by atoms with van der Waals surface area (Å²) in [7, 11) is 0. The minimum atomic E-state index is -0.651. The van der Waals surface area contributed by atoms with E-state index in [9.17, 15) is 10.1 Å². The molecule has 0 spiro atoms. The number of esters is 1. The summed E-state index contributed by atoms with van der Waals surface area (Å²) in [4.78, 5) is 19.7. The minimum absolute atomic E-state index is 0.225. The second kappa shape index (κ2) is 14.9. The van der Waals surface area contributed by atoms with Crippen LogP contribution in [0.5, 0.6) is 0 Å². The fourth-order valence-corrected chi connectivity index (χ4v) is 11.8. The van der Waals surface area contributed by atoms with Gasteiger partial charge in [-0.1, -0.05) is 77.1 Å². The molecule has 2 aliphatic rings. The molecule has 0 radical (unpaired) electrons. The van der Waals surface area contributed by atoms with Gasteiger partial charge in [0.2, 0.25) is 0 Å². The highest BCUT2D eigenvalue weighted by Gasteiger charge is 2.43. The van der Waals surface area contributed by atoms with Gasteiger partial charge in [0.25, 0.3) is 0 Å². The fraction of sp³-hybridized carbons (Fsp3) is 0.487. The van der Waals surface area contributed by atoms with E-state index < -0.39 is 5.41 Å². The van der Waals surface area contributed by atoms with Crippen LogP contribution in [-0.4, -0.2) is 12.6 Å². The summed E-state index contributed by atoms with van der Waals surface area (Å²) < 4.78 is 5.80. The Morgan fingerprint density at radius 2 is 1.85 bits per heavy atom. The molecule has 7 heteroatoms. The minimum Gasteiger partial charge on any atom is -0.460 e. The molecule has 0 saturated heterocycles. The molecule has 0 aliphatic carbocycles. The van der Waals surface area contributed by atoms with Crippen LogP contribution in [0.15, 0.2) is 71.0 Å². The Hall–Kier alpha value is -2.24. The molecular formula is C39H47NO2S4. The van der Waals surface area contributed by atoms with Gasteiger partial charge in [-0.3, -0.25) is 4.79 Å². The third kappa shape index (κ3) is 7.89. The topological polar surface area (TPSA) is 50.1 Å². The Bertz CT molecular complexity index is 1610. The van der Waals surface area contributed by atoms with Crippen molar-refractivity contribution in [1.82, 2.24) is 0 Å². The van der Waals surface area contributed by atoms with E-state index in [1.807, 2.05) is 59.2 Å². The van der Waals surface area contributed by atoms with Crippen LogP contribution in [-0.2, 0) is 9.53 Å². The molecule has 3 nitrogen and oxygen atoms in total. The molecule has 2 aromatic heterocycles. The van der Waals surface area contributed by atoms with Crippen LogP contribution in [0, 0.1) is 40.9 Å². The number of nitriles is 1. The van der Waals surface area contributed by atoms with Crippen molar-refractivity contribution in [1.29, 1.82) is 5.26 Å². The highest BCUT2D eigenvalue weighted by atomic mass is 32.2. The van der Waals surface area contributed by atoms with Gasteiger partial charge < -0.3 is 4.74 Å². The highest BCUT2D eigenvalue weighted by molar-refractivity contribution is 8.09. The predicted octanol–water partition coefficient (Wildman–Crippen LogP) is 12.4. The number of hydrogen-bond acceptors (Lipinski definition) is 7. The quantitative estimate of drug-likeness (QED) is 0.167. The molecule has 0 bridgehead atoms. The van der Waals surface area contributed by atoms with Crippen molar-refractivity contribution in [2.24, 2.45) is 22.7 Å². The lowest BCUT2D eigenvalue weighted by molar-refractivity contribution is -0.143. The summed E-state index contributed by atoms with van der Waals surface area (Å²) >= 11 is 7.60. The number of ether oxygens (including phenoxy) is 1. The van der Waals surface area contributed by atoms with Crippen molar-refractivity contribution >= 4 is 57.1 Å².